The zero-order valence-electron chi connectivity index (χ0n) is 16.2. The molecule has 1 fully saturated rings. The van der Waals surface area contributed by atoms with Gasteiger partial charge in [-0.15, -0.1) is 0 Å². The molecule has 0 unspecified atom stereocenters. The van der Waals surface area contributed by atoms with E-state index in [4.69, 9.17) is 14.2 Å². The summed E-state index contributed by atoms with van der Waals surface area (Å²) in [5.41, 5.74) is 2.82. The molecule has 1 amide bonds. The van der Waals surface area contributed by atoms with Gasteiger partial charge in [-0.25, -0.2) is 0 Å². The first-order chi connectivity index (χ1) is 13.6. The molecule has 1 heterocycles. The van der Waals surface area contributed by atoms with Gasteiger partial charge in [-0.2, -0.15) is 0 Å². The highest BCUT2D eigenvalue weighted by Gasteiger charge is 2.16. The van der Waals surface area contributed by atoms with Crippen molar-refractivity contribution < 1.29 is 19.0 Å². The minimum absolute atomic E-state index is 0.176. The maximum absolute atomic E-state index is 12.7. The second-order valence-corrected chi connectivity index (χ2v) is 7.33. The maximum atomic E-state index is 12.7. The smallest absolute Gasteiger partial charge is 0.251 e. The summed E-state index contributed by atoms with van der Waals surface area (Å²) in [6.07, 6.45) is 0. The number of amides is 1. The summed E-state index contributed by atoms with van der Waals surface area (Å²) in [4.78, 5) is 15.1. The summed E-state index contributed by atoms with van der Waals surface area (Å²) in [6.45, 7) is 4.71. The van der Waals surface area contributed by atoms with Crippen LogP contribution in [0.15, 0.2) is 40.9 Å². The van der Waals surface area contributed by atoms with Gasteiger partial charge in [-0.05, 0) is 39.2 Å². The topological polar surface area (TPSA) is 60.0 Å². The second-order valence-electron chi connectivity index (χ2n) is 6.53. The second kappa shape index (κ2) is 9.91. The number of carbonyl (C=O) groups is 1. The molecule has 0 radical (unpaired) electrons. The number of ether oxygens (including phenoxy) is 3. The van der Waals surface area contributed by atoms with Crippen LogP contribution in [0.5, 0.6) is 11.5 Å². The van der Waals surface area contributed by atoms with Crippen LogP contribution < -0.4 is 14.8 Å². The highest BCUT2D eigenvalue weighted by atomic mass is 79.9. The normalized spacial score (nSPS) is 14.5. The van der Waals surface area contributed by atoms with Crippen molar-refractivity contribution in [2.24, 2.45) is 0 Å². The van der Waals surface area contributed by atoms with Crippen molar-refractivity contribution >= 4 is 21.8 Å². The Kier molecular flexibility index (Phi) is 7.30. The van der Waals surface area contributed by atoms with Crippen LogP contribution in [0.4, 0.5) is 0 Å². The number of morpholine rings is 1. The van der Waals surface area contributed by atoms with Gasteiger partial charge in [-0.1, -0.05) is 24.3 Å². The van der Waals surface area contributed by atoms with Gasteiger partial charge in [0.1, 0.15) is 16.0 Å². The minimum atomic E-state index is -0.176. The van der Waals surface area contributed by atoms with Crippen molar-refractivity contribution in [2.45, 2.75) is 13.1 Å². The molecule has 1 N–H and O–H groups in total. The Morgan fingerprint density at radius 1 is 1.11 bits per heavy atom. The van der Waals surface area contributed by atoms with E-state index in [9.17, 15) is 4.79 Å². The zero-order chi connectivity index (χ0) is 19.9. The standard InChI is InChI=1S/C21H25BrN2O4/c1-26-18-11-17(12-19(27-2)20(18)22)21(25)23-13-15-5-3-4-6-16(15)14-24-7-9-28-10-8-24/h3-6,11-12H,7-10,13-14H2,1-2H3,(H,23,25). The number of nitrogens with one attached hydrogen (secondary N) is 1. The fourth-order valence-corrected chi connectivity index (χ4v) is 3.72. The van der Waals surface area contributed by atoms with E-state index in [2.05, 4.69) is 38.3 Å². The predicted molar refractivity (Wildman–Crippen MR) is 111 cm³/mol. The van der Waals surface area contributed by atoms with Gasteiger partial charge in [0.25, 0.3) is 5.91 Å². The summed E-state index contributed by atoms with van der Waals surface area (Å²) >= 11 is 3.42. The minimum Gasteiger partial charge on any atom is -0.495 e. The first kappa shape index (κ1) is 20.6. The Hall–Kier alpha value is -2.09. The van der Waals surface area contributed by atoms with Crippen molar-refractivity contribution in [1.82, 2.24) is 10.2 Å². The van der Waals surface area contributed by atoms with E-state index in [1.807, 2.05) is 12.1 Å². The molecule has 7 heteroatoms. The largest absolute Gasteiger partial charge is 0.495 e. The fraction of sp³-hybridized carbons (Fsp3) is 0.381. The molecule has 2 aromatic rings. The van der Waals surface area contributed by atoms with E-state index < -0.39 is 0 Å². The van der Waals surface area contributed by atoms with Crippen molar-refractivity contribution in [3.63, 3.8) is 0 Å². The van der Waals surface area contributed by atoms with Crippen LogP contribution in [0.25, 0.3) is 0 Å². The first-order valence-corrected chi connectivity index (χ1v) is 9.98. The lowest BCUT2D eigenvalue weighted by Crippen LogP contribution is -2.36. The fourth-order valence-electron chi connectivity index (χ4n) is 3.16. The average Bonchev–Trinajstić information content (AvgIpc) is 2.73. The lowest BCUT2D eigenvalue weighted by molar-refractivity contribution is 0.0340. The summed E-state index contributed by atoms with van der Waals surface area (Å²) in [7, 11) is 3.12. The van der Waals surface area contributed by atoms with Crippen LogP contribution in [0.1, 0.15) is 21.5 Å². The Morgan fingerprint density at radius 2 is 1.71 bits per heavy atom. The Labute approximate surface area is 173 Å². The van der Waals surface area contributed by atoms with Crippen molar-refractivity contribution in [3.8, 4) is 11.5 Å². The monoisotopic (exact) mass is 448 g/mol. The third-order valence-corrected chi connectivity index (χ3v) is 5.54. The molecule has 0 aliphatic carbocycles. The van der Waals surface area contributed by atoms with Gasteiger partial charge in [0.2, 0.25) is 0 Å². The van der Waals surface area contributed by atoms with Gasteiger partial charge >= 0.3 is 0 Å². The van der Waals surface area contributed by atoms with Crippen molar-refractivity contribution in [2.75, 3.05) is 40.5 Å². The van der Waals surface area contributed by atoms with E-state index in [1.54, 1.807) is 26.4 Å². The van der Waals surface area contributed by atoms with E-state index >= 15 is 0 Å². The number of hydrogen-bond acceptors (Lipinski definition) is 5. The highest BCUT2D eigenvalue weighted by Crippen LogP contribution is 2.35. The van der Waals surface area contributed by atoms with Gasteiger partial charge < -0.3 is 19.5 Å². The lowest BCUT2D eigenvalue weighted by Gasteiger charge is -2.27. The number of rotatable bonds is 7. The summed E-state index contributed by atoms with van der Waals surface area (Å²) in [6, 6.07) is 11.6. The predicted octanol–water partition coefficient (Wildman–Crippen LogP) is 3.23. The number of methoxy groups -OCH3 is 2. The molecule has 0 atom stereocenters. The van der Waals surface area contributed by atoms with Crippen LogP contribution in [-0.2, 0) is 17.8 Å². The number of benzene rings is 2. The molecular weight excluding hydrogens is 424 g/mol. The van der Waals surface area contributed by atoms with Crippen LogP contribution in [-0.4, -0.2) is 51.3 Å². The van der Waals surface area contributed by atoms with Crippen LogP contribution >= 0.6 is 15.9 Å². The molecule has 28 heavy (non-hydrogen) atoms. The van der Waals surface area contributed by atoms with Crippen LogP contribution in [0, 0.1) is 0 Å². The number of hydrogen-bond donors (Lipinski definition) is 1. The van der Waals surface area contributed by atoms with Crippen LogP contribution in [0.2, 0.25) is 0 Å². The summed E-state index contributed by atoms with van der Waals surface area (Å²) in [5.74, 6) is 0.930. The van der Waals surface area contributed by atoms with E-state index in [1.165, 1.54) is 5.56 Å². The zero-order valence-corrected chi connectivity index (χ0v) is 17.8. The van der Waals surface area contributed by atoms with E-state index in [0.717, 1.165) is 38.4 Å². The molecule has 3 rings (SSSR count). The summed E-state index contributed by atoms with van der Waals surface area (Å²) in [5, 5.41) is 3.01. The van der Waals surface area contributed by atoms with Crippen molar-refractivity contribution in [3.05, 3.63) is 57.6 Å². The molecule has 150 valence electrons. The molecule has 6 nitrogen and oxygen atoms in total. The van der Waals surface area contributed by atoms with Crippen LogP contribution in [0.3, 0.4) is 0 Å². The SMILES string of the molecule is COc1cc(C(=O)NCc2ccccc2CN2CCOCC2)cc(OC)c1Br. The van der Waals surface area contributed by atoms with Gasteiger partial charge in [0.15, 0.2) is 0 Å². The highest BCUT2D eigenvalue weighted by molar-refractivity contribution is 9.10. The quantitative estimate of drug-likeness (QED) is 0.704. The molecular formula is C21H25BrN2O4. The molecule has 1 aliphatic heterocycles. The summed E-state index contributed by atoms with van der Waals surface area (Å²) < 4.78 is 16.7. The molecule has 2 aromatic carbocycles. The third-order valence-electron chi connectivity index (χ3n) is 4.76. The van der Waals surface area contributed by atoms with Gasteiger partial charge in [0, 0.05) is 31.7 Å². The molecule has 0 spiro atoms. The molecule has 1 saturated heterocycles. The van der Waals surface area contributed by atoms with Crippen molar-refractivity contribution in [1.29, 1.82) is 0 Å². The Bertz CT molecular complexity index is 797. The van der Waals surface area contributed by atoms with Gasteiger partial charge in [0.05, 0.1) is 27.4 Å². The third kappa shape index (κ3) is 5.04. The molecule has 0 bridgehead atoms. The molecule has 0 saturated carbocycles. The molecule has 0 aromatic heterocycles. The first-order valence-electron chi connectivity index (χ1n) is 9.19. The van der Waals surface area contributed by atoms with E-state index in [-0.39, 0.29) is 5.91 Å². The Balaban J connectivity index is 1.69. The maximum Gasteiger partial charge on any atom is 0.251 e. The van der Waals surface area contributed by atoms with Gasteiger partial charge in [-0.3, -0.25) is 9.69 Å². The number of carbonyl (C=O) groups excluding carboxylic acids is 1. The lowest BCUT2D eigenvalue weighted by atomic mass is 10.1. The number of nitrogens with zero attached hydrogens (tertiary/aromatic N) is 1. The molecule has 1 aliphatic rings. The number of halogens is 1. The van der Waals surface area contributed by atoms with E-state index in [0.29, 0.717) is 28.1 Å². The average molecular weight is 449 g/mol. The Morgan fingerprint density at radius 3 is 2.32 bits per heavy atom.